The molecule has 0 radical (unpaired) electrons. The van der Waals surface area contributed by atoms with Gasteiger partial charge in [-0.15, -0.1) is 0 Å². The van der Waals surface area contributed by atoms with Crippen molar-refractivity contribution in [2.24, 2.45) is 0 Å². The van der Waals surface area contributed by atoms with Crippen molar-refractivity contribution in [2.75, 3.05) is 6.54 Å². The average molecular weight is 233 g/mol. The van der Waals surface area contributed by atoms with Crippen LogP contribution in [0.15, 0.2) is 24.3 Å². The van der Waals surface area contributed by atoms with Gasteiger partial charge in [-0.3, -0.25) is 4.79 Å². The minimum Gasteiger partial charge on any atom is -0.478 e. The molecule has 0 aromatic heterocycles. The zero-order chi connectivity index (χ0) is 12.4. The molecule has 1 saturated heterocycles. The van der Waals surface area contributed by atoms with Crippen molar-refractivity contribution in [1.29, 1.82) is 0 Å². The first-order valence-electron chi connectivity index (χ1n) is 5.74. The zero-order valence-electron chi connectivity index (χ0n) is 9.72. The number of carboxylic acids is 1. The van der Waals surface area contributed by atoms with Crippen LogP contribution in [0.25, 0.3) is 0 Å². The molecule has 0 aliphatic carbocycles. The summed E-state index contributed by atoms with van der Waals surface area (Å²) in [5.41, 5.74) is 0.612. The molecule has 0 saturated carbocycles. The summed E-state index contributed by atoms with van der Waals surface area (Å²) >= 11 is 0. The lowest BCUT2D eigenvalue weighted by Gasteiger charge is -2.21. The Morgan fingerprint density at radius 3 is 2.65 bits per heavy atom. The van der Waals surface area contributed by atoms with E-state index in [4.69, 9.17) is 5.11 Å². The largest absolute Gasteiger partial charge is 0.478 e. The van der Waals surface area contributed by atoms with Gasteiger partial charge in [-0.25, -0.2) is 4.79 Å². The zero-order valence-corrected chi connectivity index (χ0v) is 9.72. The molecule has 1 aliphatic heterocycles. The Bertz CT molecular complexity index is 456. The van der Waals surface area contributed by atoms with Crippen LogP contribution in [0.1, 0.15) is 40.5 Å². The second kappa shape index (κ2) is 4.57. The van der Waals surface area contributed by atoms with Crippen molar-refractivity contribution in [3.05, 3.63) is 35.4 Å². The highest BCUT2D eigenvalue weighted by molar-refractivity contribution is 5.97. The molecule has 2 rings (SSSR count). The third-order valence-corrected chi connectivity index (χ3v) is 3.17. The highest BCUT2D eigenvalue weighted by Gasteiger charge is 2.26. The molecule has 1 aliphatic rings. The third kappa shape index (κ3) is 2.30. The molecule has 0 bridgehead atoms. The predicted octanol–water partition coefficient (Wildman–Crippen LogP) is 2.01. The number of nitrogens with zero attached hydrogens (tertiary/aromatic N) is 1. The third-order valence-electron chi connectivity index (χ3n) is 3.17. The minimum absolute atomic E-state index is 0.0712. The molecule has 90 valence electrons. The first-order chi connectivity index (χ1) is 8.09. The van der Waals surface area contributed by atoms with Gasteiger partial charge in [-0.05, 0) is 38.0 Å². The van der Waals surface area contributed by atoms with E-state index in [1.54, 1.807) is 17.0 Å². The van der Waals surface area contributed by atoms with Gasteiger partial charge in [0.2, 0.25) is 0 Å². The molecular formula is C13H15NO3. The molecule has 1 heterocycles. The number of likely N-dealkylation sites (tertiary alicyclic amines) is 1. The van der Waals surface area contributed by atoms with Gasteiger partial charge in [0.1, 0.15) is 0 Å². The van der Waals surface area contributed by atoms with E-state index in [2.05, 4.69) is 0 Å². The van der Waals surface area contributed by atoms with E-state index in [9.17, 15) is 9.59 Å². The van der Waals surface area contributed by atoms with Crippen LogP contribution in [-0.2, 0) is 0 Å². The van der Waals surface area contributed by atoms with Crippen molar-refractivity contribution in [3.8, 4) is 0 Å². The number of hydrogen-bond acceptors (Lipinski definition) is 2. The number of aromatic carboxylic acids is 1. The van der Waals surface area contributed by atoms with Gasteiger partial charge in [0.15, 0.2) is 0 Å². The van der Waals surface area contributed by atoms with Gasteiger partial charge < -0.3 is 10.0 Å². The summed E-state index contributed by atoms with van der Waals surface area (Å²) in [7, 11) is 0. The van der Waals surface area contributed by atoms with E-state index in [0.717, 1.165) is 19.4 Å². The van der Waals surface area contributed by atoms with Crippen LogP contribution in [0.3, 0.4) is 0 Å². The Morgan fingerprint density at radius 2 is 2.06 bits per heavy atom. The predicted molar refractivity (Wildman–Crippen MR) is 63.1 cm³/mol. The molecule has 1 aromatic rings. The van der Waals surface area contributed by atoms with Gasteiger partial charge >= 0.3 is 5.97 Å². The quantitative estimate of drug-likeness (QED) is 0.850. The van der Waals surface area contributed by atoms with E-state index in [-0.39, 0.29) is 17.5 Å². The van der Waals surface area contributed by atoms with E-state index in [1.807, 2.05) is 6.92 Å². The SMILES string of the molecule is CC1CCCN1C(=O)c1cccc(C(=O)O)c1. The number of benzene rings is 1. The number of carboxylic acid groups (broad SMARTS) is 1. The van der Waals surface area contributed by atoms with Crippen LogP contribution in [0.2, 0.25) is 0 Å². The maximum atomic E-state index is 12.2. The van der Waals surface area contributed by atoms with Crippen molar-refractivity contribution < 1.29 is 14.7 Å². The summed E-state index contributed by atoms with van der Waals surface area (Å²) in [6.45, 7) is 2.78. The minimum atomic E-state index is -1.01. The van der Waals surface area contributed by atoms with Crippen molar-refractivity contribution in [3.63, 3.8) is 0 Å². The number of amides is 1. The van der Waals surface area contributed by atoms with Crippen LogP contribution < -0.4 is 0 Å². The van der Waals surface area contributed by atoms with Gasteiger partial charge in [0.05, 0.1) is 5.56 Å². The van der Waals surface area contributed by atoms with Gasteiger partial charge in [-0.1, -0.05) is 6.07 Å². The van der Waals surface area contributed by atoms with Gasteiger partial charge in [-0.2, -0.15) is 0 Å². The lowest BCUT2D eigenvalue weighted by atomic mass is 10.1. The Kier molecular flexibility index (Phi) is 3.13. The van der Waals surface area contributed by atoms with Crippen LogP contribution in [0.5, 0.6) is 0 Å². The van der Waals surface area contributed by atoms with Gasteiger partial charge in [0, 0.05) is 18.2 Å². The Morgan fingerprint density at radius 1 is 1.35 bits per heavy atom. The second-order valence-corrected chi connectivity index (χ2v) is 4.38. The maximum Gasteiger partial charge on any atom is 0.335 e. The first kappa shape index (κ1) is 11.6. The van der Waals surface area contributed by atoms with Crippen LogP contribution in [-0.4, -0.2) is 34.5 Å². The van der Waals surface area contributed by atoms with Crippen molar-refractivity contribution in [1.82, 2.24) is 4.90 Å². The van der Waals surface area contributed by atoms with E-state index >= 15 is 0 Å². The molecule has 1 aromatic carbocycles. The fourth-order valence-corrected chi connectivity index (χ4v) is 2.19. The summed E-state index contributed by atoms with van der Waals surface area (Å²) in [6.07, 6.45) is 2.04. The Labute approximate surface area is 99.9 Å². The Hall–Kier alpha value is -1.84. The summed E-state index contributed by atoms with van der Waals surface area (Å²) in [5, 5.41) is 8.88. The molecule has 1 unspecified atom stereocenters. The monoisotopic (exact) mass is 233 g/mol. The molecule has 1 fully saturated rings. The van der Waals surface area contributed by atoms with Crippen LogP contribution in [0.4, 0.5) is 0 Å². The lowest BCUT2D eigenvalue weighted by Crippen LogP contribution is -2.33. The van der Waals surface area contributed by atoms with Gasteiger partial charge in [0.25, 0.3) is 5.91 Å². The summed E-state index contributed by atoms with van der Waals surface area (Å²) < 4.78 is 0. The van der Waals surface area contributed by atoms with Crippen molar-refractivity contribution >= 4 is 11.9 Å². The lowest BCUT2D eigenvalue weighted by molar-refractivity contribution is 0.0697. The molecule has 1 atom stereocenters. The molecule has 0 spiro atoms. The van der Waals surface area contributed by atoms with Crippen LogP contribution in [0, 0.1) is 0 Å². The molecule has 4 nitrogen and oxygen atoms in total. The fourth-order valence-electron chi connectivity index (χ4n) is 2.19. The van der Waals surface area contributed by atoms with Crippen molar-refractivity contribution in [2.45, 2.75) is 25.8 Å². The van der Waals surface area contributed by atoms with Crippen LogP contribution >= 0.6 is 0 Å². The first-order valence-corrected chi connectivity index (χ1v) is 5.74. The normalized spacial score (nSPS) is 19.4. The molecule has 17 heavy (non-hydrogen) atoms. The number of rotatable bonds is 2. The van der Waals surface area contributed by atoms with E-state index in [0.29, 0.717) is 5.56 Å². The molecule has 1 N–H and O–H groups in total. The molecular weight excluding hydrogens is 218 g/mol. The summed E-state index contributed by atoms with van der Waals surface area (Å²) in [6, 6.07) is 6.45. The molecule has 1 amide bonds. The topological polar surface area (TPSA) is 57.6 Å². The Balaban J connectivity index is 2.24. The number of carbonyl (C=O) groups excluding carboxylic acids is 1. The maximum absolute atomic E-state index is 12.2. The van der Waals surface area contributed by atoms with E-state index in [1.165, 1.54) is 12.1 Å². The average Bonchev–Trinajstić information content (AvgIpc) is 2.74. The molecule has 4 heteroatoms. The standard InChI is InChI=1S/C13H15NO3/c1-9-4-3-7-14(9)12(15)10-5-2-6-11(8-10)13(16)17/h2,5-6,8-9H,3-4,7H2,1H3,(H,16,17). The summed E-state index contributed by atoms with van der Waals surface area (Å²) in [5.74, 6) is -1.08. The highest BCUT2D eigenvalue weighted by atomic mass is 16.4. The fraction of sp³-hybridized carbons (Fsp3) is 0.385. The van der Waals surface area contributed by atoms with E-state index < -0.39 is 5.97 Å². The number of hydrogen-bond donors (Lipinski definition) is 1. The smallest absolute Gasteiger partial charge is 0.335 e. The second-order valence-electron chi connectivity index (χ2n) is 4.38. The highest BCUT2D eigenvalue weighted by Crippen LogP contribution is 2.19. The summed E-state index contributed by atoms with van der Waals surface area (Å²) in [4.78, 5) is 24.8. The number of carbonyl (C=O) groups is 2.